The maximum Gasteiger partial charge on any atom is 0.416 e. The number of benzene rings is 1. The smallest absolute Gasteiger partial charge is 0.310 e. The Labute approximate surface area is 112 Å². The third kappa shape index (κ3) is 3.30. The van der Waals surface area contributed by atoms with Crippen LogP contribution in [0.2, 0.25) is 0 Å². The van der Waals surface area contributed by atoms with Crippen molar-refractivity contribution in [2.24, 2.45) is 5.41 Å². The standard InChI is InChI=1S/C15H20F3N/c1-11(19-10-14(2)8-5-9-14)12-6-3-4-7-13(12)15(16,17)18/h3-4,6-7,11,19H,5,8-10H2,1-2H3. The Kier molecular flexibility index (Phi) is 3.90. The number of nitrogens with one attached hydrogen (secondary N) is 1. The normalized spacial score (nSPS) is 19.8. The van der Waals surface area contributed by atoms with E-state index in [9.17, 15) is 13.2 Å². The summed E-state index contributed by atoms with van der Waals surface area (Å²) in [7, 11) is 0. The van der Waals surface area contributed by atoms with Gasteiger partial charge in [-0.3, -0.25) is 0 Å². The lowest BCUT2D eigenvalue weighted by Gasteiger charge is -2.39. The Bertz CT molecular complexity index is 435. The van der Waals surface area contributed by atoms with E-state index in [-0.39, 0.29) is 11.5 Å². The Morgan fingerprint density at radius 1 is 1.26 bits per heavy atom. The largest absolute Gasteiger partial charge is 0.416 e. The lowest BCUT2D eigenvalue weighted by Crippen LogP contribution is -2.38. The van der Waals surface area contributed by atoms with Crippen LogP contribution < -0.4 is 5.32 Å². The molecule has 0 spiro atoms. The van der Waals surface area contributed by atoms with E-state index in [1.807, 2.05) is 0 Å². The Balaban J connectivity index is 2.08. The lowest BCUT2D eigenvalue weighted by atomic mass is 9.70. The molecule has 1 fully saturated rings. The molecular weight excluding hydrogens is 251 g/mol. The summed E-state index contributed by atoms with van der Waals surface area (Å²) in [4.78, 5) is 0. The number of hydrogen-bond donors (Lipinski definition) is 1. The second-order valence-corrected chi connectivity index (χ2v) is 5.85. The quantitative estimate of drug-likeness (QED) is 0.847. The van der Waals surface area contributed by atoms with Gasteiger partial charge in [-0.25, -0.2) is 0 Å². The van der Waals surface area contributed by atoms with E-state index >= 15 is 0 Å². The van der Waals surface area contributed by atoms with Gasteiger partial charge in [-0.1, -0.05) is 31.5 Å². The zero-order chi connectivity index (χ0) is 14.1. The van der Waals surface area contributed by atoms with Crippen LogP contribution in [0, 0.1) is 5.41 Å². The van der Waals surface area contributed by atoms with Gasteiger partial charge in [-0.15, -0.1) is 0 Å². The van der Waals surface area contributed by atoms with Gasteiger partial charge in [-0.05, 0) is 36.8 Å². The summed E-state index contributed by atoms with van der Waals surface area (Å²) in [6.07, 6.45) is -0.736. The van der Waals surface area contributed by atoms with Crippen LogP contribution in [0.5, 0.6) is 0 Å². The van der Waals surface area contributed by atoms with Gasteiger partial charge >= 0.3 is 6.18 Å². The molecule has 19 heavy (non-hydrogen) atoms. The van der Waals surface area contributed by atoms with Crippen molar-refractivity contribution in [3.63, 3.8) is 0 Å². The fourth-order valence-electron chi connectivity index (χ4n) is 2.60. The first-order valence-electron chi connectivity index (χ1n) is 6.71. The van der Waals surface area contributed by atoms with Gasteiger partial charge < -0.3 is 5.32 Å². The highest BCUT2D eigenvalue weighted by Gasteiger charge is 2.35. The summed E-state index contributed by atoms with van der Waals surface area (Å²) in [6, 6.07) is 5.53. The number of hydrogen-bond acceptors (Lipinski definition) is 1. The molecule has 1 saturated carbocycles. The third-order valence-corrected chi connectivity index (χ3v) is 4.13. The molecule has 1 unspecified atom stereocenters. The van der Waals surface area contributed by atoms with E-state index in [2.05, 4.69) is 12.2 Å². The highest BCUT2D eigenvalue weighted by Crippen LogP contribution is 2.40. The van der Waals surface area contributed by atoms with Crippen molar-refractivity contribution in [1.82, 2.24) is 5.32 Å². The van der Waals surface area contributed by atoms with Crippen LogP contribution in [0.3, 0.4) is 0 Å². The second-order valence-electron chi connectivity index (χ2n) is 5.85. The van der Waals surface area contributed by atoms with Crippen molar-refractivity contribution in [2.75, 3.05) is 6.54 Å². The van der Waals surface area contributed by atoms with E-state index in [4.69, 9.17) is 0 Å². The van der Waals surface area contributed by atoms with E-state index < -0.39 is 11.7 Å². The van der Waals surface area contributed by atoms with E-state index in [1.165, 1.54) is 12.5 Å². The van der Waals surface area contributed by atoms with Crippen molar-refractivity contribution in [3.8, 4) is 0 Å². The summed E-state index contributed by atoms with van der Waals surface area (Å²) in [5.41, 5.74) is 0.0632. The first kappa shape index (κ1) is 14.4. The molecule has 1 atom stereocenters. The van der Waals surface area contributed by atoms with E-state index in [0.29, 0.717) is 5.56 Å². The van der Waals surface area contributed by atoms with Crippen LogP contribution in [-0.2, 0) is 6.18 Å². The van der Waals surface area contributed by atoms with Crippen LogP contribution in [0.25, 0.3) is 0 Å². The molecule has 0 amide bonds. The Hall–Kier alpha value is -1.03. The van der Waals surface area contributed by atoms with Crippen LogP contribution in [0.1, 0.15) is 50.3 Å². The first-order valence-corrected chi connectivity index (χ1v) is 6.71. The Morgan fingerprint density at radius 3 is 2.42 bits per heavy atom. The fraction of sp³-hybridized carbons (Fsp3) is 0.600. The summed E-state index contributed by atoms with van der Waals surface area (Å²) < 4.78 is 38.8. The van der Waals surface area contributed by atoms with Crippen molar-refractivity contribution in [1.29, 1.82) is 0 Å². The van der Waals surface area contributed by atoms with Gasteiger partial charge in [0.15, 0.2) is 0 Å². The monoisotopic (exact) mass is 271 g/mol. The summed E-state index contributed by atoms with van der Waals surface area (Å²) >= 11 is 0. The number of halogens is 3. The van der Waals surface area contributed by atoms with E-state index in [0.717, 1.165) is 25.5 Å². The fourth-order valence-corrected chi connectivity index (χ4v) is 2.60. The van der Waals surface area contributed by atoms with Crippen LogP contribution in [-0.4, -0.2) is 6.54 Å². The minimum absolute atomic E-state index is 0.265. The molecule has 0 saturated heterocycles. The van der Waals surface area contributed by atoms with Gasteiger partial charge in [0.2, 0.25) is 0 Å². The maximum atomic E-state index is 12.9. The molecule has 1 nitrogen and oxygen atoms in total. The molecule has 1 aliphatic rings. The second kappa shape index (κ2) is 5.16. The van der Waals surface area contributed by atoms with Gasteiger partial charge in [0.1, 0.15) is 0 Å². The zero-order valence-electron chi connectivity index (χ0n) is 11.3. The van der Waals surface area contributed by atoms with Crippen molar-refractivity contribution in [2.45, 2.75) is 45.3 Å². The summed E-state index contributed by atoms with van der Waals surface area (Å²) in [5.74, 6) is 0. The average Bonchev–Trinajstić information content (AvgIpc) is 2.32. The molecule has 106 valence electrons. The molecule has 1 aromatic rings. The van der Waals surface area contributed by atoms with Crippen molar-refractivity contribution >= 4 is 0 Å². The molecule has 2 rings (SSSR count). The number of alkyl halides is 3. The van der Waals surface area contributed by atoms with Crippen LogP contribution in [0.15, 0.2) is 24.3 Å². The molecule has 1 aromatic carbocycles. The van der Waals surface area contributed by atoms with Gasteiger partial charge in [0.05, 0.1) is 5.56 Å². The van der Waals surface area contributed by atoms with E-state index in [1.54, 1.807) is 19.1 Å². The van der Waals surface area contributed by atoms with Gasteiger partial charge in [0.25, 0.3) is 0 Å². The predicted molar refractivity (Wildman–Crippen MR) is 69.8 cm³/mol. The molecular formula is C15H20F3N. The topological polar surface area (TPSA) is 12.0 Å². The van der Waals surface area contributed by atoms with Crippen LogP contribution >= 0.6 is 0 Å². The molecule has 1 N–H and O–H groups in total. The van der Waals surface area contributed by atoms with Crippen molar-refractivity contribution < 1.29 is 13.2 Å². The molecule has 0 bridgehead atoms. The van der Waals surface area contributed by atoms with Gasteiger partial charge in [-0.2, -0.15) is 13.2 Å². The average molecular weight is 271 g/mol. The summed E-state index contributed by atoms with van der Waals surface area (Å²) in [5, 5.41) is 3.25. The maximum absolute atomic E-state index is 12.9. The molecule has 1 aliphatic carbocycles. The Morgan fingerprint density at radius 2 is 1.89 bits per heavy atom. The molecule has 0 aliphatic heterocycles. The minimum Gasteiger partial charge on any atom is -0.310 e. The number of rotatable bonds is 4. The highest BCUT2D eigenvalue weighted by atomic mass is 19.4. The third-order valence-electron chi connectivity index (χ3n) is 4.13. The molecule has 0 heterocycles. The molecule has 0 aromatic heterocycles. The van der Waals surface area contributed by atoms with Crippen LogP contribution in [0.4, 0.5) is 13.2 Å². The highest BCUT2D eigenvalue weighted by molar-refractivity contribution is 5.32. The molecule has 0 radical (unpaired) electrons. The molecule has 4 heteroatoms. The van der Waals surface area contributed by atoms with Gasteiger partial charge in [0, 0.05) is 12.6 Å². The summed E-state index contributed by atoms with van der Waals surface area (Å²) in [6.45, 7) is 4.76. The minimum atomic E-state index is -4.28. The first-order chi connectivity index (χ1) is 8.82. The van der Waals surface area contributed by atoms with Crippen molar-refractivity contribution in [3.05, 3.63) is 35.4 Å². The predicted octanol–water partition coefficient (Wildman–Crippen LogP) is 4.55. The lowest BCUT2D eigenvalue weighted by molar-refractivity contribution is -0.138. The zero-order valence-corrected chi connectivity index (χ0v) is 11.3. The SMILES string of the molecule is CC(NCC1(C)CCC1)c1ccccc1C(F)(F)F.